The quantitative estimate of drug-likeness (QED) is 0.459. The summed E-state index contributed by atoms with van der Waals surface area (Å²) in [6, 6.07) is 0. The van der Waals surface area contributed by atoms with Gasteiger partial charge in [-0.25, -0.2) is 17.8 Å². The predicted molar refractivity (Wildman–Crippen MR) is 76.5 cm³/mol. The molecule has 0 amide bonds. The Hall–Kier alpha value is -1.48. The topological polar surface area (TPSA) is 121 Å². The Labute approximate surface area is 118 Å². The first kappa shape index (κ1) is 16.6. The molecule has 20 heavy (non-hydrogen) atoms. The molecule has 0 saturated carbocycles. The van der Waals surface area contributed by atoms with Crippen molar-refractivity contribution in [3.8, 4) is 0 Å². The molecule has 1 unspecified atom stereocenters. The van der Waals surface area contributed by atoms with Gasteiger partial charge in [0.1, 0.15) is 0 Å². The lowest BCUT2D eigenvalue weighted by Gasteiger charge is -2.09. The van der Waals surface area contributed by atoms with Gasteiger partial charge in [-0.05, 0) is 29.1 Å². The lowest BCUT2D eigenvalue weighted by Crippen LogP contribution is -2.24. The molecule has 1 aromatic heterocycles. The smallest absolute Gasteiger partial charge is 0.208 e. The molecule has 0 radical (unpaired) electrons. The average molecular weight is 303 g/mol. The predicted octanol–water partition coefficient (Wildman–Crippen LogP) is 0.835. The Morgan fingerprint density at radius 2 is 2.10 bits per heavy atom. The zero-order valence-corrected chi connectivity index (χ0v) is 12.7. The molecule has 0 aliphatic rings. The minimum atomic E-state index is -3.15. The van der Waals surface area contributed by atoms with Crippen LogP contribution in [0.2, 0.25) is 0 Å². The maximum atomic E-state index is 10.9. The normalized spacial score (nSPS) is 13.2. The third-order valence-corrected chi connectivity index (χ3v) is 3.59. The van der Waals surface area contributed by atoms with E-state index in [1.807, 2.05) is 13.8 Å². The van der Waals surface area contributed by atoms with E-state index in [2.05, 4.69) is 25.0 Å². The summed E-state index contributed by atoms with van der Waals surface area (Å²) >= 11 is 0. The van der Waals surface area contributed by atoms with Crippen LogP contribution in [0.25, 0.3) is 0 Å². The van der Waals surface area contributed by atoms with Crippen LogP contribution in [-0.2, 0) is 10.0 Å². The van der Waals surface area contributed by atoms with Crippen molar-refractivity contribution < 1.29 is 13.0 Å². The molecule has 9 heteroatoms. The third-order valence-electron chi connectivity index (χ3n) is 2.86. The number of hydrogen-bond donors (Lipinski definition) is 3. The van der Waals surface area contributed by atoms with E-state index in [0.29, 0.717) is 36.7 Å². The third kappa shape index (κ3) is 5.25. The highest BCUT2D eigenvalue weighted by atomic mass is 32.2. The van der Waals surface area contributed by atoms with Crippen LogP contribution in [0.4, 0.5) is 5.82 Å². The van der Waals surface area contributed by atoms with E-state index >= 15 is 0 Å². The zero-order chi connectivity index (χ0) is 15.2. The maximum absolute atomic E-state index is 10.9. The van der Waals surface area contributed by atoms with Gasteiger partial charge in [0, 0.05) is 13.1 Å². The Balaban J connectivity index is 2.46. The van der Waals surface area contributed by atoms with Crippen LogP contribution < -0.4 is 10.0 Å². The van der Waals surface area contributed by atoms with E-state index in [1.54, 1.807) is 0 Å². The van der Waals surface area contributed by atoms with Gasteiger partial charge in [-0.1, -0.05) is 13.8 Å². The van der Waals surface area contributed by atoms with Crippen LogP contribution in [-0.4, -0.2) is 43.8 Å². The molecule has 0 aromatic carbocycles. The molecule has 0 aliphatic carbocycles. The molecule has 3 N–H and O–H groups in total. The molecular formula is C11H21N5O3S. The van der Waals surface area contributed by atoms with E-state index in [-0.39, 0.29) is 5.92 Å². The second-order valence-electron chi connectivity index (χ2n) is 4.63. The first-order chi connectivity index (χ1) is 9.35. The molecule has 0 aliphatic heterocycles. The minimum absolute atomic E-state index is 0.0781. The van der Waals surface area contributed by atoms with Crippen molar-refractivity contribution in [3.63, 3.8) is 0 Å². The van der Waals surface area contributed by atoms with E-state index < -0.39 is 10.0 Å². The second kappa shape index (κ2) is 7.34. The Kier molecular flexibility index (Phi) is 6.08. The molecule has 0 spiro atoms. The fraction of sp³-hybridized carbons (Fsp3) is 0.727. The first-order valence-corrected chi connectivity index (χ1v) is 8.34. The van der Waals surface area contributed by atoms with Gasteiger partial charge in [0.15, 0.2) is 11.5 Å². The summed E-state index contributed by atoms with van der Waals surface area (Å²) in [5.41, 5.74) is 0.793. The monoisotopic (exact) mass is 303 g/mol. The number of anilines is 1. The summed E-state index contributed by atoms with van der Waals surface area (Å²) in [6.07, 6.45) is 2.55. The second-order valence-corrected chi connectivity index (χ2v) is 6.46. The molecule has 114 valence electrons. The standard InChI is InChI=1S/C11H21N5O3S/c1-4-8(2)9(12)10-11(16-19-15-10)13-6-5-7-14-20(3,17)18/h8,12,14H,4-7H2,1-3H3,(H,13,16). The van der Waals surface area contributed by atoms with Crippen LogP contribution in [0.5, 0.6) is 0 Å². The van der Waals surface area contributed by atoms with Gasteiger partial charge in [-0.15, -0.1) is 0 Å². The number of hydrogen-bond acceptors (Lipinski definition) is 7. The largest absolute Gasteiger partial charge is 0.365 e. The van der Waals surface area contributed by atoms with E-state index in [9.17, 15) is 8.42 Å². The molecule has 0 fully saturated rings. The van der Waals surface area contributed by atoms with Gasteiger partial charge >= 0.3 is 0 Å². The summed E-state index contributed by atoms with van der Waals surface area (Å²) in [4.78, 5) is 0. The maximum Gasteiger partial charge on any atom is 0.208 e. The van der Waals surface area contributed by atoms with Crippen LogP contribution >= 0.6 is 0 Å². The van der Waals surface area contributed by atoms with Crippen molar-refractivity contribution in [1.82, 2.24) is 15.0 Å². The Morgan fingerprint density at radius 3 is 2.70 bits per heavy atom. The zero-order valence-electron chi connectivity index (χ0n) is 11.9. The lowest BCUT2D eigenvalue weighted by atomic mass is 10.0. The van der Waals surface area contributed by atoms with Crippen LogP contribution in [0.3, 0.4) is 0 Å². The number of rotatable bonds is 9. The van der Waals surface area contributed by atoms with Crippen molar-refractivity contribution in [2.24, 2.45) is 5.92 Å². The fourth-order valence-electron chi connectivity index (χ4n) is 1.47. The highest BCUT2D eigenvalue weighted by Crippen LogP contribution is 2.16. The summed E-state index contributed by atoms with van der Waals surface area (Å²) in [7, 11) is -3.15. The van der Waals surface area contributed by atoms with Gasteiger partial charge in [-0.3, -0.25) is 0 Å². The van der Waals surface area contributed by atoms with Crippen LogP contribution in [0.1, 0.15) is 32.4 Å². The van der Waals surface area contributed by atoms with Crippen molar-refractivity contribution >= 4 is 21.6 Å². The fourth-order valence-corrected chi connectivity index (χ4v) is 1.99. The molecule has 1 atom stereocenters. The molecular weight excluding hydrogens is 282 g/mol. The van der Waals surface area contributed by atoms with Crippen molar-refractivity contribution in [2.75, 3.05) is 24.7 Å². The summed E-state index contributed by atoms with van der Waals surface area (Å²) in [5.74, 6) is 0.504. The molecule has 8 nitrogen and oxygen atoms in total. The Bertz CT molecular complexity index is 540. The summed E-state index contributed by atoms with van der Waals surface area (Å²) in [5, 5.41) is 18.5. The van der Waals surface area contributed by atoms with E-state index in [0.717, 1.165) is 12.7 Å². The molecule has 0 saturated heterocycles. The number of nitrogens with zero attached hydrogens (tertiary/aromatic N) is 2. The van der Waals surface area contributed by atoms with E-state index in [4.69, 9.17) is 5.41 Å². The SMILES string of the molecule is CCC(C)C(=N)c1nonc1NCCCNS(C)(=O)=O. The average Bonchev–Trinajstić information content (AvgIpc) is 2.83. The first-order valence-electron chi connectivity index (χ1n) is 6.45. The van der Waals surface area contributed by atoms with Crippen molar-refractivity contribution in [1.29, 1.82) is 5.41 Å². The van der Waals surface area contributed by atoms with E-state index in [1.165, 1.54) is 0 Å². The summed E-state index contributed by atoms with van der Waals surface area (Å²) in [6.45, 7) is 4.79. The van der Waals surface area contributed by atoms with Crippen LogP contribution in [0, 0.1) is 11.3 Å². The van der Waals surface area contributed by atoms with Crippen molar-refractivity contribution in [3.05, 3.63) is 5.69 Å². The minimum Gasteiger partial charge on any atom is -0.365 e. The number of nitrogens with one attached hydrogen (secondary N) is 3. The van der Waals surface area contributed by atoms with Gasteiger partial charge in [-0.2, -0.15) is 0 Å². The van der Waals surface area contributed by atoms with Crippen LogP contribution in [0.15, 0.2) is 4.63 Å². The van der Waals surface area contributed by atoms with Gasteiger partial charge in [0.25, 0.3) is 0 Å². The summed E-state index contributed by atoms with van der Waals surface area (Å²) < 4.78 is 28.8. The van der Waals surface area contributed by atoms with Gasteiger partial charge < -0.3 is 10.7 Å². The number of aromatic nitrogens is 2. The highest BCUT2D eigenvalue weighted by molar-refractivity contribution is 7.88. The molecule has 1 aromatic rings. The molecule has 1 rings (SSSR count). The highest BCUT2D eigenvalue weighted by Gasteiger charge is 2.18. The van der Waals surface area contributed by atoms with Gasteiger partial charge in [0.2, 0.25) is 10.0 Å². The number of sulfonamides is 1. The molecule has 0 bridgehead atoms. The van der Waals surface area contributed by atoms with Crippen molar-refractivity contribution in [2.45, 2.75) is 26.7 Å². The molecule has 1 heterocycles. The lowest BCUT2D eigenvalue weighted by molar-refractivity contribution is 0.307. The van der Waals surface area contributed by atoms with Gasteiger partial charge in [0.05, 0.1) is 12.0 Å². The Morgan fingerprint density at radius 1 is 1.40 bits per heavy atom.